The normalized spacial score (nSPS) is 18.9. The van der Waals surface area contributed by atoms with Crippen molar-refractivity contribution in [3.63, 3.8) is 0 Å². The van der Waals surface area contributed by atoms with E-state index in [1.165, 1.54) is 89.1 Å². The largest absolute Gasteiger partial charge is 0.550 e. The number of hydrogen-bond donors (Lipinski definition) is 0. The number of esters is 4. The predicted octanol–water partition coefficient (Wildman–Crippen LogP) is 22.1. The van der Waals surface area contributed by atoms with Gasteiger partial charge in [0.15, 0.2) is 0 Å². The second-order valence-corrected chi connectivity index (χ2v) is 29.3. The van der Waals surface area contributed by atoms with Gasteiger partial charge in [0.25, 0.3) is 24.6 Å². The highest BCUT2D eigenvalue weighted by atomic mass is 32.2. The number of methoxy groups -OCH3 is 6. The van der Waals surface area contributed by atoms with E-state index in [2.05, 4.69) is 55.6 Å². The van der Waals surface area contributed by atoms with E-state index in [0.29, 0.717) is 33.8 Å². The Balaban J connectivity index is 0.000000197. The maximum absolute atomic E-state index is 14.7. The predicted molar refractivity (Wildman–Crippen MR) is 369 cm³/mol. The second-order valence-electron chi connectivity index (χ2n) is 28.5. The van der Waals surface area contributed by atoms with Gasteiger partial charge in [-0.25, -0.2) is 45.5 Å². The van der Waals surface area contributed by atoms with Gasteiger partial charge in [-0.1, -0.05) is 81.1 Å². The lowest BCUT2D eigenvalue weighted by molar-refractivity contribution is -0.441. The van der Waals surface area contributed by atoms with E-state index >= 15 is 0 Å². The second kappa shape index (κ2) is 35.9. The van der Waals surface area contributed by atoms with Crippen LogP contribution in [-0.4, -0.2) is 79.3 Å². The summed E-state index contributed by atoms with van der Waals surface area (Å²) in [5, 5.41) is 0. The van der Waals surface area contributed by atoms with Crippen LogP contribution in [0.5, 0.6) is 23.0 Å². The van der Waals surface area contributed by atoms with Crippen LogP contribution in [0, 0.1) is 56.6 Å². The first-order valence-electron chi connectivity index (χ1n) is 33.5. The van der Waals surface area contributed by atoms with Crippen molar-refractivity contribution in [1.82, 2.24) is 0 Å². The molecule has 0 bridgehead atoms. The average Bonchev–Trinajstić information content (AvgIpc) is 1.48. The van der Waals surface area contributed by atoms with E-state index < -0.39 is 71.5 Å². The molecule has 4 fully saturated rings. The summed E-state index contributed by atoms with van der Waals surface area (Å²) in [4.78, 5) is 53.9. The van der Waals surface area contributed by atoms with E-state index in [9.17, 15) is 71.9 Å². The van der Waals surface area contributed by atoms with Crippen LogP contribution in [-0.2, 0) is 37.4 Å². The fourth-order valence-corrected chi connectivity index (χ4v) is 15.3. The quantitative estimate of drug-likeness (QED) is 0.0134. The van der Waals surface area contributed by atoms with Crippen molar-refractivity contribution < 1.29 is 127 Å². The van der Waals surface area contributed by atoms with Gasteiger partial charge in [-0.3, -0.25) is 0 Å². The molecule has 106 heavy (non-hydrogen) atoms. The van der Waals surface area contributed by atoms with Crippen molar-refractivity contribution in [3.8, 4) is 45.3 Å². The van der Waals surface area contributed by atoms with Crippen LogP contribution in [0.4, 0.5) is 52.7 Å². The number of hydrogen-bond acceptors (Lipinski definition) is 18. The molecule has 30 heteroatoms. The smallest absolute Gasteiger partial charge is 0.497 e. The molecule has 16 nitrogen and oxygen atoms in total. The summed E-state index contributed by atoms with van der Waals surface area (Å²) in [5.41, 5.74) is 2.82. The zero-order valence-corrected chi connectivity index (χ0v) is 62.4. The molecule has 0 unspecified atom stereocenters. The van der Waals surface area contributed by atoms with Crippen molar-refractivity contribution in [2.45, 2.75) is 169 Å². The van der Waals surface area contributed by atoms with Crippen molar-refractivity contribution in [1.29, 1.82) is 0 Å². The molecule has 0 radical (unpaired) electrons. The summed E-state index contributed by atoms with van der Waals surface area (Å²) < 4.78 is 205. The molecular formula is C76H84F12O16S2. The van der Waals surface area contributed by atoms with Crippen LogP contribution < -0.4 is 17.8 Å². The Kier molecular flexibility index (Phi) is 28.9. The molecule has 0 spiro atoms. The third-order valence-electron chi connectivity index (χ3n) is 20.1. The van der Waals surface area contributed by atoms with E-state index in [1.807, 2.05) is 27.7 Å². The Bertz CT molecular complexity index is 3850. The number of carbonyl (C=O) groups is 4. The summed E-state index contributed by atoms with van der Waals surface area (Å²) in [5.74, 6) is -6.45. The minimum Gasteiger partial charge on any atom is -0.497 e. The summed E-state index contributed by atoms with van der Waals surface area (Å²) in [6.07, 6.45) is 1.09. The van der Waals surface area contributed by atoms with E-state index in [1.54, 1.807) is 12.1 Å². The molecule has 6 aromatic carbocycles. The molecule has 4 aliphatic rings. The Morgan fingerprint density at radius 2 is 0.623 bits per heavy atom. The molecule has 4 atom stereocenters. The molecule has 0 aliphatic heterocycles. The third-order valence-corrected chi connectivity index (χ3v) is 20.9. The minimum atomic E-state index is -4.99. The molecule has 580 valence electrons. The van der Waals surface area contributed by atoms with Gasteiger partial charge in [-0.2, -0.15) is 0 Å². The zero-order chi connectivity index (χ0) is 78.6. The van der Waals surface area contributed by atoms with Crippen LogP contribution in [0.2, 0.25) is 0 Å². The van der Waals surface area contributed by atoms with Gasteiger partial charge in [0, 0.05) is 34.4 Å². The first kappa shape index (κ1) is 85.4. The summed E-state index contributed by atoms with van der Waals surface area (Å²) in [6, 6.07) is 18.9. The lowest BCUT2D eigenvalue weighted by Gasteiger charge is -2.30. The van der Waals surface area contributed by atoms with Gasteiger partial charge in [0.2, 0.25) is 0 Å². The first-order valence-corrected chi connectivity index (χ1v) is 34.9. The Labute approximate surface area is 615 Å². The standard InChI is InChI=1S/2C22H24F2O3.2C16H18F4O5S/c2*1-22(2)9-5-6-18(22)15-11-17(21(25)27-4)20(24)12-14(15)16-10-13(26-3)7-8-19(16)23;2*1-15(2)6-4-5-11(15)9-7-10(14(21)22-3)12(17)8-13(9)23-26-25-24-16(18,19)20/h2*7-8,10-12,18H,5-6,9H2,1-4H3;2*7-8,11H,4-6H2,1-3H3/t2*18-;2*11-/m1010/s1. The van der Waals surface area contributed by atoms with Gasteiger partial charge in [-0.05, 0) is 192 Å². The molecule has 0 amide bonds. The Hall–Kier alpha value is -7.90. The van der Waals surface area contributed by atoms with Crippen molar-refractivity contribution in [2.75, 3.05) is 42.7 Å². The van der Waals surface area contributed by atoms with Crippen LogP contribution in [0.15, 0.2) is 84.9 Å². The Morgan fingerprint density at radius 1 is 0.358 bits per heavy atom. The molecule has 0 aromatic heterocycles. The number of carbonyl (C=O) groups excluding carboxylic acids is 4. The molecule has 6 aromatic rings. The minimum absolute atomic E-state index is 0.0324. The van der Waals surface area contributed by atoms with Crippen LogP contribution in [0.25, 0.3) is 22.3 Å². The zero-order valence-electron chi connectivity index (χ0n) is 60.8. The maximum Gasteiger partial charge on any atom is 0.550 e. The highest BCUT2D eigenvalue weighted by molar-refractivity contribution is 7.90. The topological polar surface area (TPSA) is 179 Å². The molecule has 0 heterocycles. The average molecular weight is 1550 g/mol. The molecule has 4 saturated carbocycles. The van der Waals surface area contributed by atoms with Gasteiger partial charge in [0.05, 0.1) is 64.9 Å². The molecular weight excluding hydrogens is 1460 g/mol. The lowest BCUT2D eigenvalue weighted by Crippen LogP contribution is -2.18. The van der Waals surface area contributed by atoms with Gasteiger partial charge >= 0.3 is 36.6 Å². The van der Waals surface area contributed by atoms with Crippen molar-refractivity contribution in [2.24, 2.45) is 21.7 Å². The summed E-state index contributed by atoms with van der Waals surface area (Å²) >= 11 is -0.180. The van der Waals surface area contributed by atoms with Crippen molar-refractivity contribution in [3.05, 3.63) is 164 Å². The van der Waals surface area contributed by atoms with Gasteiger partial charge in [-0.15, -0.1) is 44.8 Å². The third kappa shape index (κ3) is 21.3. The monoisotopic (exact) mass is 1540 g/mol. The molecule has 0 N–H and O–H groups in total. The van der Waals surface area contributed by atoms with Crippen LogP contribution in [0.3, 0.4) is 0 Å². The lowest BCUT2D eigenvalue weighted by atomic mass is 9.75. The number of ether oxygens (including phenoxy) is 6. The fourth-order valence-electron chi connectivity index (χ4n) is 14.6. The first-order chi connectivity index (χ1) is 49.7. The summed E-state index contributed by atoms with van der Waals surface area (Å²) in [6.45, 7) is 16.7. The summed E-state index contributed by atoms with van der Waals surface area (Å²) in [7, 11) is 7.69. The molecule has 0 saturated heterocycles. The number of alkyl halides is 6. The van der Waals surface area contributed by atoms with Gasteiger partial charge in [0.1, 0.15) is 57.9 Å². The highest BCUT2D eigenvalue weighted by Crippen LogP contribution is 2.56. The SMILES string of the molecule is COC(=O)c1cc([C@@H]2CCCC2(C)C)c(-c2cc(OC)ccc2F)cc1F.COC(=O)c1cc([C@@H]2CCCC2(C)C)c(OSOOC(F)(F)F)cc1F.COC(=O)c1cc([C@H]2CCCC2(C)C)c(-c2cc(OC)ccc2F)cc1F.COC(=O)c1cc([C@H]2CCCC2(C)C)c(OSOOC(F)(F)F)cc1F. The number of rotatable bonds is 20. The molecule has 4 aliphatic carbocycles. The molecule has 10 rings (SSSR count). The van der Waals surface area contributed by atoms with Crippen LogP contribution >= 0.6 is 24.6 Å². The highest BCUT2D eigenvalue weighted by Gasteiger charge is 2.43. The maximum atomic E-state index is 14.7. The van der Waals surface area contributed by atoms with Crippen molar-refractivity contribution >= 4 is 48.5 Å². The van der Waals surface area contributed by atoms with Crippen LogP contribution in [0.1, 0.15) is 220 Å². The van der Waals surface area contributed by atoms with Gasteiger partial charge < -0.3 is 36.8 Å². The number of benzene rings is 6. The Morgan fingerprint density at radius 3 is 0.868 bits per heavy atom. The van der Waals surface area contributed by atoms with E-state index in [4.69, 9.17) is 27.3 Å². The number of halogens is 12. The fraction of sp³-hybridized carbons (Fsp3) is 0.474. The van der Waals surface area contributed by atoms with E-state index in [-0.39, 0.29) is 115 Å². The van der Waals surface area contributed by atoms with E-state index in [0.717, 1.165) is 115 Å².